The summed E-state index contributed by atoms with van der Waals surface area (Å²) in [6.07, 6.45) is 5.20. The molecule has 1 heteroatoms. The highest BCUT2D eigenvalue weighted by atomic mass is 14.7. The van der Waals surface area contributed by atoms with Gasteiger partial charge in [0.05, 0.1) is 5.69 Å². The zero-order chi connectivity index (χ0) is 8.55. The van der Waals surface area contributed by atoms with Crippen molar-refractivity contribution in [2.45, 2.75) is 20.3 Å². The molecule has 0 aromatic carbocycles. The molecule has 12 heavy (non-hydrogen) atoms. The van der Waals surface area contributed by atoms with Crippen LogP contribution in [0.2, 0.25) is 0 Å². The van der Waals surface area contributed by atoms with Gasteiger partial charge in [0.25, 0.3) is 0 Å². The first kappa shape index (κ1) is 7.53. The number of aromatic nitrogens is 1. The number of fused-ring (bicyclic) bond motifs is 1. The van der Waals surface area contributed by atoms with Gasteiger partial charge in [0.2, 0.25) is 0 Å². The first-order valence-corrected chi connectivity index (χ1v) is 4.39. The Labute approximate surface area is 73.1 Å². The molecule has 0 aliphatic heterocycles. The second kappa shape index (κ2) is 2.74. The Hall–Kier alpha value is -1.11. The number of hydrogen-bond donors (Lipinski definition) is 0. The largest absolute Gasteiger partial charge is 0.257 e. The standard InChI is InChI=1S/C11H13N/c1-8-6-10-4-3-5-12-11(10)7-9(8)2/h3-5,7-8H,6H2,1-2H3. The Bertz CT molecular complexity index is 326. The quantitative estimate of drug-likeness (QED) is 0.567. The third-order valence-corrected chi connectivity index (χ3v) is 2.59. The fourth-order valence-electron chi connectivity index (χ4n) is 1.60. The van der Waals surface area contributed by atoms with Crippen LogP contribution in [0.1, 0.15) is 25.1 Å². The molecule has 0 saturated carbocycles. The summed E-state index contributed by atoms with van der Waals surface area (Å²) in [5.74, 6) is 0.682. The molecule has 1 aromatic heterocycles. The van der Waals surface area contributed by atoms with Gasteiger partial charge in [-0.15, -0.1) is 0 Å². The van der Waals surface area contributed by atoms with E-state index >= 15 is 0 Å². The lowest BCUT2D eigenvalue weighted by Gasteiger charge is -2.19. The van der Waals surface area contributed by atoms with Gasteiger partial charge in [0.15, 0.2) is 0 Å². The fraction of sp³-hybridized carbons (Fsp3) is 0.364. The van der Waals surface area contributed by atoms with Gasteiger partial charge in [-0.05, 0) is 37.0 Å². The van der Waals surface area contributed by atoms with E-state index in [0.29, 0.717) is 5.92 Å². The lowest BCUT2D eigenvalue weighted by molar-refractivity contribution is 0.668. The van der Waals surface area contributed by atoms with Crippen molar-refractivity contribution in [2.75, 3.05) is 0 Å². The predicted molar refractivity (Wildman–Crippen MR) is 50.8 cm³/mol. The van der Waals surface area contributed by atoms with Gasteiger partial charge in [-0.25, -0.2) is 0 Å². The molecule has 0 spiro atoms. The van der Waals surface area contributed by atoms with Crippen molar-refractivity contribution >= 4 is 6.08 Å². The van der Waals surface area contributed by atoms with E-state index in [1.165, 1.54) is 11.1 Å². The molecule has 1 aliphatic rings. The van der Waals surface area contributed by atoms with Gasteiger partial charge >= 0.3 is 0 Å². The molecule has 0 bridgehead atoms. The fourth-order valence-corrected chi connectivity index (χ4v) is 1.60. The normalized spacial score (nSPS) is 21.5. The third-order valence-electron chi connectivity index (χ3n) is 2.59. The van der Waals surface area contributed by atoms with Crippen molar-refractivity contribution in [1.82, 2.24) is 4.98 Å². The van der Waals surface area contributed by atoms with E-state index in [1.54, 1.807) is 0 Å². The lowest BCUT2D eigenvalue weighted by atomic mass is 9.88. The molecule has 1 aromatic rings. The maximum atomic E-state index is 4.33. The first-order chi connectivity index (χ1) is 5.77. The molecule has 1 aliphatic carbocycles. The van der Waals surface area contributed by atoms with Crippen LogP contribution in [0, 0.1) is 5.92 Å². The third kappa shape index (κ3) is 1.15. The van der Waals surface area contributed by atoms with Crippen LogP contribution in [0.3, 0.4) is 0 Å². The minimum absolute atomic E-state index is 0.682. The monoisotopic (exact) mass is 159 g/mol. The van der Waals surface area contributed by atoms with Crippen LogP contribution >= 0.6 is 0 Å². The van der Waals surface area contributed by atoms with E-state index in [-0.39, 0.29) is 0 Å². The van der Waals surface area contributed by atoms with E-state index in [1.807, 2.05) is 12.3 Å². The Morgan fingerprint density at radius 2 is 2.33 bits per heavy atom. The molecule has 0 saturated heterocycles. The summed E-state index contributed by atoms with van der Waals surface area (Å²) in [5.41, 5.74) is 3.99. The zero-order valence-electron chi connectivity index (χ0n) is 7.54. The highest BCUT2D eigenvalue weighted by Gasteiger charge is 2.14. The molecule has 0 amide bonds. The van der Waals surface area contributed by atoms with Crippen molar-refractivity contribution in [2.24, 2.45) is 5.92 Å². The SMILES string of the molecule is CC1=Cc2ncccc2CC1C. The van der Waals surface area contributed by atoms with Gasteiger partial charge in [0.1, 0.15) is 0 Å². The summed E-state index contributed by atoms with van der Waals surface area (Å²) in [5, 5.41) is 0. The summed E-state index contributed by atoms with van der Waals surface area (Å²) in [6, 6.07) is 4.18. The second-order valence-corrected chi connectivity index (χ2v) is 3.54. The second-order valence-electron chi connectivity index (χ2n) is 3.54. The zero-order valence-corrected chi connectivity index (χ0v) is 7.54. The van der Waals surface area contributed by atoms with Crippen molar-refractivity contribution in [1.29, 1.82) is 0 Å². The van der Waals surface area contributed by atoms with Crippen LogP contribution in [-0.4, -0.2) is 4.98 Å². The molecule has 1 heterocycles. The van der Waals surface area contributed by atoms with Crippen LogP contribution in [0.4, 0.5) is 0 Å². The Kier molecular flexibility index (Phi) is 1.72. The highest BCUT2D eigenvalue weighted by Crippen LogP contribution is 2.25. The average Bonchev–Trinajstić information content (AvgIpc) is 2.07. The summed E-state index contributed by atoms with van der Waals surface area (Å²) < 4.78 is 0. The van der Waals surface area contributed by atoms with Gasteiger partial charge in [0, 0.05) is 6.20 Å². The van der Waals surface area contributed by atoms with Crippen LogP contribution in [0.5, 0.6) is 0 Å². The highest BCUT2D eigenvalue weighted by molar-refractivity contribution is 5.55. The van der Waals surface area contributed by atoms with E-state index in [9.17, 15) is 0 Å². The Morgan fingerprint density at radius 3 is 3.17 bits per heavy atom. The average molecular weight is 159 g/mol. The summed E-state index contributed by atoms with van der Waals surface area (Å²) in [7, 11) is 0. The van der Waals surface area contributed by atoms with E-state index in [2.05, 4.69) is 31.0 Å². The van der Waals surface area contributed by atoms with Crippen LogP contribution in [0.15, 0.2) is 23.9 Å². The number of hydrogen-bond acceptors (Lipinski definition) is 1. The van der Waals surface area contributed by atoms with E-state index in [4.69, 9.17) is 0 Å². The summed E-state index contributed by atoms with van der Waals surface area (Å²) >= 11 is 0. The van der Waals surface area contributed by atoms with E-state index < -0.39 is 0 Å². The molecule has 0 N–H and O–H groups in total. The molecular formula is C11H13N. The van der Waals surface area contributed by atoms with Crippen molar-refractivity contribution < 1.29 is 0 Å². The minimum Gasteiger partial charge on any atom is -0.257 e. The smallest absolute Gasteiger partial charge is 0.0661 e. The van der Waals surface area contributed by atoms with Crippen LogP contribution < -0.4 is 0 Å². The molecule has 1 atom stereocenters. The van der Waals surface area contributed by atoms with Crippen molar-refractivity contribution in [3.8, 4) is 0 Å². The van der Waals surface area contributed by atoms with Gasteiger partial charge < -0.3 is 0 Å². The van der Waals surface area contributed by atoms with Crippen molar-refractivity contribution in [3.63, 3.8) is 0 Å². The Balaban J connectivity index is 2.49. The molecule has 0 radical (unpaired) electrons. The summed E-state index contributed by atoms with van der Waals surface area (Å²) in [6.45, 7) is 4.45. The van der Waals surface area contributed by atoms with Gasteiger partial charge in [-0.3, -0.25) is 4.98 Å². The molecule has 1 nitrogen and oxygen atoms in total. The van der Waals surface area contributed by atoms with Gasteiger partial charge in [-0.2, -0.15) is 0 Å². The molecular weight excluding hydrogens is 146 g/mol. The number of pyridine rings is 1. The molecule has 0 fully saturated rings. The number of nitrogens with zero attached hydrogens (tertiary/aromatic N) is 1. The number of allylic oxidation sites excluding steroid dienone is 1. The lowest BCUT2D eigenvalue weighted by Crippen LogP contribution is -2.08. The molecule has 2 rings (SSSR count). The topological polar surface area (TPSA) is 12.9 Å². The van der Waals surface area contributed by atoms with E-state index in [0.717, 1.165) is 12.1 Å². The molecule has 1 unspecified atom stereocenters. The summed E-state index contributed by atoms with van der Waals surface area (Å²) in [4.78, 5) is 4.33. The molecule has 62 valence electrons. The van der Waals surface area contributed by atoms with Crippen LogP contribution in [-0.2, 0) is 6.42 Å². The van der Waals surface area contributed by atoms with Gasteiger partial charge in [-0.1, -0.05) is 18.6 Å². The van der Waals surface area contributed by atoms with Crippen molar-refractivity contribution in [3.05, 3.63) is 35.2 Å². The predicted octanol–water partition coefficient (Wildman–Crippen LogP) is 2.68. The number of rotatable bonds is 0. The van der Waals surface area contributed by atoms with Crippen LogP contribution in [0.25, 0.3) is 6.08 Å². The minimum atomic E-state index is 0.682. The maximum absolute atomic E-state index is 4.33. The Morgan fingerprint density at radius 1 is 1.50 bits per heavy atom. The maximum Gasteiger partial charge on any atom is 0.0661 e. The first-order valence-electron chi connectivity index (χ1n) is 4.39.